The van der Waals surface area contributed by atoms with Crippen molar-refractivity contribution >= 4 is 11.5 Å². The van der Waals surface area contributed by atoms with Crippen LogP contribution in [0.1, 0.15) is 50.8 Å². The second-order valence-electron chi connectivity index (χ2n) is 11.5. The first-order chi connectivity index (χ1) is 20.5. The predicted molar refractivity (Wildman–Crippen MR) is 160 cm³/mol. The molecule has 3 heterocycles. The Morgan fingerprint density at radius 3 is 2.48 bits per heavy atom. The van der Waals surface area contributed by atoms with Crippen LogP contribution < -0.4 is 15.0 Å². The van der Waals surface area contributed by atoms with Gasteiger partial charge in [0.1, 0.15) is 11.6 Å². The molecule has 1 saturated carbocycles. The Labute approximate surface area is 245 Å². The lowest BCUT2D eigenvalue weighted by Crippen LogP contribution is -2.39. The summed E-state index contributed by atoms with van der Waals surface area (Å²) in [5, 5.41) is 11.8. The molecule has 2 aliphatic rings. The number of anilines is 2. The highest BCUT2D eigenvalue weighted by Gasteiger charge is 2.30. The number of nitrogens with zero attached hydrogens (tertiary/aromatic N) is 4. The van der Waals surface area contributed by atoms with E-state index in [1.54, 1.807) is 31.2 Å². The molecule has 0 radical (unpaired) electrons. The third kappa shape index (κ3) is 6.89. The van der Waals surface area contributed by atoms with Crippen molar-refractivity contribution in [3.05, 3.63) is 72.8 Å². The summed E-state index contributed by atoms with van der Waals surface area (Å²) in [5.74, 6) is 3.40. The summed E-state index contributed by atoms with van der Waals surface area (Å²) >= 11 is 0. The van der Waals surface area contributed by atoms with Gasteiger partial charge in [0.2, 0.25) is 11.8 Å². The molecule has 1 N–H and O–H groups in total. The maximum absolute atomic E-state index is 12.5. The first-order valence-electron chi connectivity index (χ1n) is 14.9. The van der Waals surface area contributed by atoms with Crippen LogP contribution in [0, 0.1) is 18.8 Å². The lowest BCUT2D eigenvalue weighted by atomic mass is 9.77. The molecule has 0 bridgehead atoms. The molecule has 3 atom stereocenters. The van der Waals surface area contributed by atoms with Gasteiger partial charge >= 0.3 is 6.61 Å². The van der Waals surface area contributed by atoms with E-state index in [0.717, 1.165) is 42.0 Å². The number of alkyl halides is 2. The molecule has 1 aliphatic heterocycles. The average Bonchev–Trinajstić information content (AvgIpc) is 3.45. The Bertz CT molecular complexity index is 1440. The van der Waals surface area contributed by atoms with Gasteiger partial charge in [-0.3, -0.25) is 0 Å². The second-order valence-corrected chi connectivity index (χ2v) is 11.5. The molecule has 2 fully saturated rings. The van der Waals surface area contributed by atoms with Gasteiger partial charge in [-0.1, -0.05) is 25.0 Å². The van der Waals surface area contributed by atoms with Crippen LogP contribution in [-0.2, 0) is 0 Å². The monoisotopic (exact) mass is 573 g/mol. The van der Waals surface area contributed by atoms with Crippen molar-refractivity contribution in [3.63, 3.8) is 0 Å². The van der Waals surface area contributed by atoms with Gasteiger partial charge < -0.3 is 19.4 Å². The zero-order valence-corrected chi connectivity index (χ0v) is 23.9. The van der Waals surface area contributed by atoms with Crippen LogP contribution in [-0.4, -0.2) is 40.9 Å². The van der Waals surface area contributed by atoms with Crippen molar-refractivity contribution < 1.29 is 17.9 Å². The van der Waals surface area contributed by atoms with Crippen LogP contribution in [0.25, 0.3) is 22.6 Å². The van der Waals surface area contributed by atoms with E-state index in [1.165, 1.54) is 44.2 Å². The zero-order chi connectivity index (χ0) is 28.9. The highest BCUT2D eigenvalue weighted by molar-refractivity contribution is 5.67. The van der Waals surface area contributed by atoms with Gasteiger partial charge in [0.15, 0.2) is 0 Å². The quantitative estimate of drug-likeness (QED) is 0.217. The number of aromatic nitrogens is 3. The van der Waals surface area contributed by atoms with Gasteiger partial charge in [-0.25, -0.2) is 4.98 Å². The van der Waals surface area contributed by atoms with E-state index in [4.69, 9.17) is 4.42 Å². The summed E-state index contributed by atoms with van der Waals surface area (Å²) in [6, 6.07) is 19.6. The van der Waals surface area contributed by atoms with Crippen molar-refractivity contribution in [1.29, 1.82) is 0 Å². The number of nitrogens with one attached hydrogen (secondary N) is 1. The highest BCUT2D eigenvalue weighted by atomic mass is 19.3. The fourth-order valence-electron chi connectivity index (χ4n) is 6.54. The Hall–Kier alpha value is -4.01. The summed E-state index contributed by atoms with van der Waals surface area (Å²) in [6.45, 7) is 1.12. The zero-order valence-electron chi connectivity index (χ0n) is 23.9. The van der Waals surface area contributed by atoms with E-state index in [9.17, 15) is 8.78 Å². The molecule has 2 aromatic heterocycles. The van der Waals surface area contributed by atoms with Crippen LogP contribution in [0.2, 0.25) is 0 Å². The number of halogens is 2. The first-order valence-corrected chi connectivity index (χ1v) is 14.9. The molecule has 2 aromatic carbocycles. The van der Waals surface area contributed by atoms with Crippen molar-refractivity contribution in [2.24, 2.45) is 11.8 Å². The normalized spacial score (nSPS) is 21.0. The SMILES string of the molecule is Cc1nnc(-c2ccc(N3CCC[C@H](C[C@@H]4CCCC[C@H]4Nc4cc(-c5ccc(OC(F)F)cc5)ccn4)C3)cc2)o1. The molecule has 0 amide bonds. The third-order valence-corrected chi connectivity index (χ3v) is 8.58. The Balaban J connectivity index is 1.08. The average molecular weight is 574 g/mol. The molecule has 0 spiro atoms. The fourth-order valence-corrected chi connectivity index (χ4v) is 6.54. The van der Waals surface area contributed by atoms with Crippen LogP contribution >= 0.6 is 0 Å². The number of rotatable bonds is 9. The molecule has 42 heavy (non-hydrogen) atoms. The highest BCUT2D eigenvalue weighted by Crippen LogP contribution is 2.36. The summed E-state index contributed by atoms with van der Waals surface area (Å²) in [4.78, 5) is 7.14. The summed E-state index contributed by atoms with van der Waals surface area (Å²) in [7, 11) is 0. The van der Waals surface area contributed by atoms with Gasteiger partial charge in [0.25, 0.3) is 0 Å². The maximum Gasteiger partial charge on any atom is 0.387 e. The molecule has 6 rings (SSSR count). The minimum Gasteiger partial charge on any atom is -0.435 e. The topological polar surface area (TPSA) is 76.3 Å². The number of aryl methyl sites for hydroxylation is 1. The number of benzene rings is 2. The van der Waals surface area contributed by atoms with Gasteiger partial charge in [-0.2, -0.15) is 8.78 Å². The lowest BCUT2D eigenvalue weighted by molar-refractivity contribution is -0.0498. The molecule has 7 nitrogen and oxygen atoms in total. The largest absolute Gasteiger partial charge is 0.435 e. The van der Waals surface area contributed by atoms with Crippen molar-refractivity contribution in [2.45, 2.75) is 64.5 Å². The maximum atomic E-state index is 12.5. The molecule has 9 heteroatoms. The Morgan fingerprint density at radius 2 is 1.71 bits per heavy atom. The van der Waals surface area contributed by atoms with E-state index >= 15 is 0 Å². The molecule has 1 saturated heterocycles. The van der Waals surface area contributed by atoms with E-state index < -0.39 is 6.61 Å². The van der Waals surface area contributed by atoms with E-state index in [2.05, 4.69) is 60.5 Å². The molecule has 0 unspecified atom stereocenters. The minimum absolute atomic E-state index is 0.156. The van der Waals surface area contributed by atoms with E-state index in [-0.39, 0.29) is 5.75 Å². The van der Waals surface area contributed by atoms with Gasteiger partial charge in [0, 0.05) is 43.5 Å². The fraction of sp³-hybridized carbons (Fsp3) is 0.424. The first kappa shape index (κ1) is 28.1. The third-order valence-electron chi connectivity index (χ3n) is 8.58. The van der Waals surface area contributed by atoms with Gasteiger partial charge in [0.05, 0.1) is 0 Å². The molecular weight excluding hydrogens is 536 g/mol. The van der Waals surface area contributed by atoms with Gasteiger partial charge in [-0.15, -0.1) is 10.2 Å². The Morgan fingerprint density at radius 1 is 0.929 bits per heavy atom. The molecule has 220 valence electrons. The van der Waals surface area contributed by atoms with E-state index in [0.29, 0.717) is 29.7 Å². The molecular formula is C33H37F2N5O2. The molecule has 4 aromatic rings. The van der Waals surface area contributed by atoms with Crippen molar-refractivity contribution in [1.82, 2.24) is 15.2 Å². The van der Waals surface area contributed by atoms with E-state index in [1.807, 2.05) is 12.3 Å². The predicted octanol–water partition coefficient (Wildman–Crippen LogP) is 7.99. The molecule has 1 aliphatic carbocycles. The number of hydrogen-bond donors (Lipinski definition) is 1. The summed E-state index contributed by atoms with van der Waals surface area (Å²) in [6.07, 6.45) is 10.4. The minimum atomic E-state index is -2.83. The van der Waals surface area contributed by atoms with Crippen molar-refractivity contribution in [3.8, 4) is 28.3 Å². The number of pyridine rings is 1. The van der Waals surface area contributed by atoms with Gasteiger partial charge in [-0.05, 0) is 104 Å². The van der Waals surface area contributed by atoms with Crippen LogP contribution in [0.15, 0.2) is 71.3 Å². The van der Waals surface area contributed by atoms with Crippen LogP contribution in [0.4, 0.5) is 20.3 Å². The summed E-state index contributed by atoms with van der Waals surface area (Å²) < 4.78 is 35.1. The summed E-state index contributed by atoms with van der Waals surface area (Å²) in [5.41, 5.74) is 4.11. The van der Waals surface area contributed by atoms with Crippen LogP contribution in [0.3, 0.4) is 0 Å². The lowest BCUT2D eigenvalue weighted by Gasteiger charge is -2.39. The smallest absolute Gasteiger partial charge is 0.387 e. The number of piperidine rings is 1. The number of hydrogen-bond acceptors (Lipinski definition) is 7. The number of ether oxygens (including phenoxy) is 1. The van der Waals surface area contributed by atoms with Crippen LogP contribution in [0.5, 0.6) is 5.75 Å². The standard InChI is InChI=1S/C33H37F2N5O2/c1-22-38-39-32(41-22)25-8-12-28(13-9-25)40-18-4-5-23(21-40)19-27-6-2-3-7-30(27)37-31-20-26(16-17-36-31)24-10-14-29(15-11-24)42-33(34)35/h8-17,20,23,27,30,33H,2-7,18-19,21H2,1H3,(H,36,37)/t23-,27+,30-/m1/s1. The second kappa shape index (κ2) is 12.9. The van der Waals surface area contributed by atoms with Crippen molar-refractivity contribution in [2.75, 3.05) is 23.3 Å². The Kier molecular flexibility index (Phi) is 8.63.